The molecule has 2 aromatic carbocycles. The van der Waals surface area contributed by atoms with Crippen LogP contribution in [0.5, 0.6) is 11.5 Å². The van der Waals surface area contributed by atoms with E-state index in [-0.39, 0.29) is 18.1 Å². The van der Waals surface area contributed by atoms with E-state index in [2.05, 4.69) is 15.7 Å². The first-order chi connectivity index (χ1) is 15.4. The second kappa shape index (κ2) is 8.54. The molecule has 0 bridgehead atoms. The van der Waals surface area contributed by atoms with E-state index in [9.17, 15) is 14.4 Å². The van der Waals surface area contributed by atoms with Crippen LogP contribution in [0.1, 0.15) is 29.7 Å². The lowest BCUT2D eigenvalue weighted by atomic mass is 10.1. The van der Waals surface area contributed by atoms with E-state index < -0.39 is 11.9 Å². The van der Waals surface area contributed by atoms with Crippen LogP contribution in [0.4, 0.5) is 11.5 Å². The first-order valence-electron chi connectivity index (χ1n) is 9.93. The Hall–Kier alpha value is -4.14. The molecule has 1 aliphatic heterocycles. The highest BCUT2D eigenvalue weighted by atomic mass is 16.5. The Morgan fingerprint density at radius 2 is 1.91 bits per heavy atom. The number of hydrogen-bond donors (Lipinski definition) is 2. The molecule has 4 rings (SSSR count). The molecule has 0 spiro atoms. The molecule has 9 heteroatoms. The Bertz CT molecular complexity index is 1220. The van der Waals surface area contributed by atoms with Crippen LogP contribution in [-0.2, 0) is 9.59 Å². The maximum absolute atomic E-state index is 13.0. The van der Waals surface area contributed by atoms with Crippen molar-refractivity contribution in [3.63, 3.8) is 0 Å². The summed E-state index contributed by atoms with van der Waals surface area (Å²) in [7, 11) is 3.09. The molecular formula is C23H22N4O5. The van der Waals surface area contributed by atoms with Crippen LogP contribution < -0.4 is 20.1 Å². The van der Waals surface area contributed by atoms with Crippen LogP contribution in [0.2, 0.25) is 0 Å². The summed E-state index contributed by atoms with van der Waals surface area (Å²) in [5.74, 6) is 0.734. The minimum Gasteiger partial charge on any atom is -0.493 e. The zero-order valence-corrected chi connectivity index (χ0v) is 17.8. The quantitative estimate of drug-likeness (QED) is 0.576. The predicted octanol–water partition coefficient (Wildman–Crippen LogP) is 3.29. The topological polar surface area (TPSA) is 112 Å². The number of rotatable bonds is 6. The average Bonchev–Trinajstić information content (AvgIpc) is 3.21. The summed E-state index contributed by atoms with van der Waals surface area (Å²) in [5, 5.41) is 9.96. The van der Waals surface area contributed by atoms with Gasteiger partial charge >= 0.3 is 0 Å². The average molecular weight is 434 g/mol. The van der Waals surface area contributed by atoms with Gasteiger partial charge in [0.25, 0.3) is 0 Å². The number of fused-ring (bicyclic) bond motifs is 1. The monoisotopic (exact) mass is 434 g/mol. The van der Waals surface area contributed by atoms with Crippen molar-refractivity contribution in [3.8, 4) is 22.6 Å². The largest absolute Gasteiger partial charge is 0.493 e. The Kier molecular flexibility index (Phi) is 5.63. The standard InChI is InChI=1S/C23H22N4O5/c1-13(28)14-5-4-6-16(9-14)25-23(30)18-11-21(29)26-22-17(12-24-27(18)22)15-7-8-19(31-2)20(10-15)32-3/h4-10,12,18H,11H2,1-3H3,(H,25,30)(H,26,29)/t18-/m1/s1. The van der Waals surface area contributed by atoms with E-state index in [1.54, 1.807) is 56.8 Å². The van der Waals surface area contributed by atoms with Gasteiger partial charge in [-0.3, -0.25) is 14.4 Å². The summed E-state index contributed by atoms with van der Waals surface area (Å²) < 4.78 is 12.1. The molecule has 0 unspecified atom stereocenters. The predicted molar refractivity (Wildman–Crippen MR) is 118 cm³/mol. The summed E-state index contributed by atoms with van der Waals surface area (Å²) in [6.45, 7) is 1.46. The number of hydrogen-bond acceptors (Lipinski definition) is 6. The van der Waals surface area contributed by atoms with Crippen molar-refractivity contribution in [1.82, 2.24) is 9.78 Å². The third kappa shape index (κ3) is 3.92. The number of amides is 2. The molecule has 1 atom stereocenters. The zero-order valence-electron chi connectivity index (χ0n) is 17.8. The van der Waals surface area contributed by atoms with Crippen molar-refractivity contribution in [2.24, 2.45) is 0 Å². The molecule has 0 fully saturated rings. The van der Waals surface area contributed by atoms with Crippen molar-refractivity contribution >= 4 is 29.1 Å². The van der Waals surface area contributed by atoms with Gasteiger partial charge in [-0.25, -0.2) is 4.68 Å². The summed E-state index contributed by atoms with van der Waals surface area (Å²) in [5.41, 5.74) is 2.36. The maximum atomic E-state index is 13.0. The summed E-state index contributed by atoms with van der Waals surface area (Å²) in [6.07, 6.45) is 1.54. The molecule has 1 aliphatic rings. The van der Waals surface area contributed by atoms with E-state index >= 15 is 0 Å². The van der Waals surface area contributed by atoms with Gasteiger partial charge in [-0.2, -0.15) is 5.10 Å². The van der Waals surface area contributed by atoms with E-state index in [1.807, 2.05) is 6.07 Å². The molecular weight excluding hydrogens is 412 g/mol. The lowest BCUT2D eigenvalue weighted by molar-refractivity contribution is -0.125. The van der Waals surface area contributed by atoms with Gasteiger partial charge in [0.05, 0.1) is 26.8 Å². The second-order valence-corrected chi connectivity index (χ2v) is 7.32. The van der Waals surface area contributed by atoms with Crippen molar-refractivity contribution in [2.75, 3.05) is 24.9 Å². The summed E-state index contributed by atoms with van der Waals surface area (Å²) in [4.78, 5) is 37.1. The molecule has 0 radical (unpaired) electrons. The molecule has 9 nitrogen and oxygen atoms in total. The minimum absolute atomic E-state index is 0.0573. The van der Waals surface area contributed by atoms with E-state index in [1.165, 1.54) is 11.6 Å². The smallest absolute Gasteiger partial charge is 0.249 e. The summed E-state index contributed by atoms with van der Waals surface area (Å²) >= 11 is 0. The number of aromatic nitrogens is 2. The van der Waals surface area contributed by atoms with Gasteiger partial charge in [-0.05, 0) is 36.8 Å². The molecule has 1 aromatic heterocycles. The number of ketones is 1. The van der Waals surface area contributed by atoms with Gasteiger partial charge in [-0.1, -0.05) is 18.2 Å². The van der Waals surface area contributed by atoms with Crippen LogP contribution in [0, 0.1) is 0 Å². The molecule has 0 aliphatic carbocycles. The van der Waals surface area contributed by atoms with Crippen molar-refractivity contribution in [3.05, 3.63) is 54.2 Å². The fraction of sp³-hybridized carbons (Fsp3) is 0.217. The van der Waals surface area contributed by atoms with Crippen LogP contribution in [0.15, 0.2) is 48.7 Å². The molecule has 2 amide bonds. The third-order valence-electron chi connectivity index (χ3n) is 5.26. The van der Waals surface area contributed by atoms with E-state index in [0.29, 0.717) is 34.1 Å². The lowest BCUT2D eigenvalue weighted by Crippen LogP contribution is -2.35. The highest BCUT2D eigenvalue weighted by Gasteiger charge is 2.33. The number of Topliss-reactive ketones (excluding diaryl/α,β-unsaturated/α-hetero) is 1. The van der Waals surface area contributed by atoms with Crippen LogP contribution in [-0.4, -0.2) is 41.6 Å². The van der Waals surface area contributed by atoms with Crippen LogP contribution in [0.3, 0.4) is 0 Å². The lowest BCUT2D eigenvalue weighted by Gasteiger charge is -2.24. The first-order valence-corrected chi connectivity index (χ1v) is 9.93. The summed E-state index contributed by atoms with van der Waals surface area (Å²) in [6, 6.07) is 11.2. The Labute approximate surface area is 184 Å². The van der Waals surface area contributed by atoms with Crippen LogP contribution in [0.25, 0.3) is 11.1 Å². The third-order valence-corrected chi connectivity index (χ3v) is 5.26. The molecule has 0 saturated carbocycles. The fourth-order valence-corrected chi connectivity index (χ4v) is 3.63. The van der Waals surface area contributed by atoms with Gasteiger partial charge in [0, 0.05) is 16.8 Å². The molecule has 0 saturated heterocycles. The zero-order chi connectivity index (χ0) is 22.8. The number of carbonyl (C=O) groups is 3. The van der Waals surface area contributed by atoms with Gasteiger partial charge in [0.2, 0.25) is 11.8 Å². The van der Waals surface area contributed by atoms with Crippen molar-refractivity contribution in [2.45, 2.75) is 19.4 Å². The first kappa shape index (κ1) is 21.1. The fourth-order valence-electron chi connectivity index (χ4n) is 3.63. The van der Waals surface area contributed by atoms with Gasteiger partial charge < -0.3 is 20.1 Å². The Morgan fingerprint density at radius 1 is 1.12 bits per heavy atom. The number of anilines is 2. The van der Waals surface area contributed by atoms with E-state index in [4.69, 9.17) is 9.47 Å². The van der Waals surface area contributed by atoms with Gasteiger partial charge in [-0.15, -0.1) is 0 Å². The number of nitrogens with one attached hydrogen (secondary N) is 2. The highest BCUT2D eigenvalue weighted by molar-refractivity contribution is 6.03. The molecule has 164 valence electrons. The second-order valence-electron chi connectivity index (χ2n) is 7.32. The number of methoxy groups -OCH3 is 2. The Balaban J connectivity index is 1.66. The van der Waals surface area contributed by atoms with Crippen LogP contribution >= 0.6 is 0 Å². The number of benzene rings is 2. The van der Waals surface area contributed by atoms with Crippen molar-refractivity contribution in [1.29, 1.82) is 0 Å². The Morgan fingerprint density at radius 3 is 2.62 bits per heavy atom. The minimum atomic E-state index is -0.839. The SMILES string of the molecule is COc1ccc(-c2cnn3c2NC(=O)C[C@@H]3C(=O)Nc2cccc(C(C)=O)c2)cc1OC. The van der Waals surface area contributed by atoms with Gasteiger partial charge in [0.15, 0.2) is 17.3 Å². The maximum Gasteiger partial charge on any atom is 0.249 e. The number of ether oxygens (including phenoxy) is 2. The number of nitrogens with zero attached hydrogens (tertiary/aromatic N) is 2. The van der Waals surface area contributed by atoms with E-state index in [0.717, 1.165) is 5.56 Å². The van der Waals surface area contributed by atoms with Gasteiger partial charge in [0.1, 0.15) is 11.9 Å². The normalized spacial score (nSPS) is 14.8. The molecule has 2 heterocycles. The number of carbonyl (C=O) groups excluding carboxylic acids is 3. The highest BCUT2D eigenvalue weighted by Crippen LogP contribution is 2.38. The molecule has 32 heavy (non-hydrogen) atoms. The molecule has 2 N–H and O–H groups in total. The van der Waals surface area contributed by atoms with Crippen molar-refractivity contribution < 1.29 is 23.9 Å². The molecule has 3 aromatic rings.